The van der Waals surface area contributed by atoms with Crippen molar-refractivity contribution in [1.82, 2.24) is 15.3 Å². The molecule has 3 aromatic carbocycles. The van der Waals surface area contributed by atoms with Crippen molar-refractivity contribution in [3.05, 3.63) is 100 Å². The Kier molecular flexibility index (Phi) is 14.3. The molecule has 1 N–H and O–H groups in total. The van der Waals surface area contributed by atoms with Crippen molar-refractivity contribution in [3.8, 4) is 5.75 Å². The molecule has 0 aliphatic carbocycles. The number of nitrogens with one attached hydrogen (secondary N) is 1. The smallest absolute Gasteiger partial charge is 0.408 e. The number of methoxy groups -OCH3 is 1. The van der Waals surface area contributed by atoms with E-state index in [4.69, 9.17) is 23.7 Å². The summed E-state index contributed by atoms with van der Waals surface area (Å²) in [5.74, 6) is -3.50. The number of alkyl carbamates (subject to hydrolysis) is 1. The summed E-state index contributed by atoms with van der Waals surface area (Å²) < 4.78 is 27.0. The van der Waals surface area contributed by atoms with E-state index in [1.807, 2.05) is 6.07 Å². The molecule has 0 aliphatic rings. The van der Waals surface area contributed by atoms with Gasteiger partial charge in [-0.2, -0.15) is 5.01 Å². The molecule has 0 radical (unpaired) electrons. The Labute approximate surface area is 315 Å². The van der Waals surface area contributed by atoms with Crippen LogP contribution in [0.1, 0.15) is 90.9 Å². The normalized spacial score (nSPS) is 12.3. The van der Waals surface area contributed by atoms with Crippen molar-refractivity contribution in [2.75, 3.05) is 7.11 Å². The average Bonchev–Trinajstić information content (AvgIpc) is 3.07. The van der Waals surface area contributed by atoms with E-state index in [1.165, 1.54) is 13.2 Å². The van der Waals surface area contributed by atoms with Gasteiger partial charge in [0.05, 0.1) is 19.1 Å². The van der Waals surface area contributed by atoms with Crippen LogP contribution in [-0.2, 0) is 39.9 Å². The van der Waals surface area contributed by atoms with E-state index < -0.39 is 59.9 Å². The monoisotopic (exact) mass is 747 g/mol. The molecule has 2 unspecified atom stereocenters. The van der Waals surface area contributed by atoms with E-state index in [-0.39, 0.29) is 24.2 Å². The van der Waals surface area contributed by atoms with Crippen LogP contribution in [-0.4, -0.2) is 77.0 Å². The van der Waals surface area contributed by atoms with Gasteiger partial charge < -0.3 is 29.0 Å². The second-order valence-corrected chi connectivity index (χ2v) is 14.5. The Hall–Kier alpha value is -5.92. The van der Waals surface area contributed by atoms with Crippen molar-refractivity contribution in [2.24, 2.45) is 0 Å². The average molecular weight is 748 g/mol. The highest BCUT2D eigenvalue weighted by Gasteiger charge is 2.44. The number of benzene rings is 3. The van der Waals surface area contributed by atoms with E-state index in [2.05, 4.69) is 5.32 Å². The third-order valence-electron chi connectivity index (χ3n) is 7.63. The zero-order valence-electron chi connectivity index (χ0n) is 32.4. The molecule has 0 aromatic heterocycles. The van der Waals surface area contributed by atoms with Gasteiger partial charge in [-0.1, -0.05) is 53.6 Å². The summed E-state index contributed by atoms with van der Waals surface area (Å²) in [6, 6.07) is 16.7. The second kappa shape index (κ2) is 18.2. The SMILES string of the molecule is COc1cccc(C(=O)N(C(OC=O)OC(=O)C(CC(=O)OCc2ccccc2)NC(=O)OC(C)(C)C)N(C(=O)c2cc(C)cc(C)c2)C(C)(C)C)c1C. The lowest BCUT2D eigenvalue weighted by atomic mass is 10.0. The van der Waals surface area contributed by atoms with Gasteiger partial charge in [0.1, 0.15) is 24.0 Å². The van der Waals surface area contributed by atoms with Crippen molar-refractivity contribution in [2.45, 2.75) is 98.9 Å². The molecule has 0 saturated heterocycles. The fourth-order valence-electron chi connectivity index (χ4n) is 5.39. The zero-order valence-corrected chi connectivity index (χ0v) is 32.4. The first kappa shape index (κ1) is 42.5. The maximum atomic E-state index is 14.7. The van der Waals surface area contributed by atoms with Crippen LogP contribution in [0, 0.1) is 20.8 Å². The molecule has 290 valence electrons. The molecule has 0 aliphatic heterocycles. The molecular weight excluding hydrogens is 698 g/mol. The van der Waals surface area contributed by atoms with Crippen LogP contribution < -0.4 is 10.1 Å². The number of hydrazine groups is 1. The molecule has 3 amide bonds. The lowest BCUT2D eigenvalue weighted by Crippen LogP contribution is -2.63. The molecule has 14 nitrogen and oxygen atoms in total. The zero-order chi connectivity index (χ0) is 40.4. The number of amides is 3. The maximum absolute atomic E-state index is 14.7. The molecule has 3 aromatic rings. The first-order valence-electron chi connectivity index (χ1n) is 17.1. The lowest BCUT2D eigenvalue weighted by molar-refractivity contribution is -0.242. The molecule has 54 heavy (non-hydrogen) atoms. The molecule has 0 heterocycles. The molecule has 2 atom stereocenters. The second-order valence-electron chi connectivity index (χ2n) is 14.5. The van der Waals surface area contributed by atoms with E-state index in [0.29, 0.717) is 21.9 Å². The van der Waals surface area contributed by atoms with E-state index in [1.54, 1.807) is 117 Å². The molecule has 0 spiro atoms. The van der Waals surface area contributed by atoms with E-state index >= 15 is 0 Å². The number of rotatable bonds is 13. The van der Waals surface area contributed by atoms with Crippen molar-refractivity contribution < 1.29 is 52.5 Å². The summed E-state index contributed by atoms with van der Waals surface area (Å²) in [4.78, 5) is 81.3. The third kappa shape index (κ3) is 11.8. The number of aryl methyl sites for hydroxylation is 2. The number of hydrogen-bond donors (Lipinski definition) is 1. The van der Waals surface area contributed by atoms with Crippen LogP contribution in [0.15, 0.2) is 66.7 Å². The summed E-state index contributed by atoms with van der Waals surface area (Å²) >= 11 is 0. The topological polar surface area (TPSA) is 167 Å². The Morgan fingerprint density at radius 3 is 2.02 bits per heavy atom. The van der Waals surface area contributed by atoms with Crippen LogP contribution in [0.4, 0.5) is 4.79 Å². The van der Waals surface area contributed by atoms with Gasteiger partial charge in [-0.15, -0.1) is 0 Å². The first-order chi connectivity index (χ1) is 25.2. The lowest BCUT2D eigenvalue weighted by Gasteiger charge is -2.45. The van der Waals surface area contributed by atoms with E-state index in [9.17, 15) is 28.8 Å². The van der Waals surface area contributed by atoms with Gasteiger partial charge in [-0.05, 0) is 92.1 Å². The Balaban J connectivity index is 2.14. The Morgan fingerprint density at radius 1 is 0.833 bits per heavy atom. The standard InChI is InChI=1S/C40H49N3O11/c1-25-19-26(2)21-29(20-25)34(46)43(39(4,5)6)42(35(47)30-17-14-18-32(50-10)27(30)3)38(52-24-44)53-36(48)31(41-37(49)54-40(7,8)9)22-33(45)51-23-28-15-12-11-13-16-28/h11-21,24,31,38H,22-23H2,1-10H3,(H,41,49). The Morgan fingerprint density at radius 2 is 1.46 bits per heavy atom. The van der Waals surface area contributed by atoms with Crippen LogP contribution in [0.25, 0.3) is 0 Å². The summed E-state index contributed by atoms with van der Waals surface area (Å²) in [7, 11) is 1.42. The molecule has 0 fully saturated rings. The summed E-state index contributed by atoms with van der Waals surface area (Å²) in [6.45, 7) is 14.7. The maximum Gasteiger partial charge on any atom is 0.408 e. The van der Waals surface area contributed by atoms with Crippen LogP contribution >= 0.6 is 0 Å². The van der Waals surface area contributed by atoms with Crippen molar-refractivity contribution >= 4 is 36.3 Å². The molecule has 0 bridgehead atoms. The van der Waals surface area contributed by atoms with Crippen LogP contribution in [0.3, 0.4) is 0 Å². The number of hydrogen-bond acceptors (Lipinski definition) is 11. The van der Waals surface area contributed by atoms with Gasteiger partial charge in [0.25, 0.3) is 18.3 Å². The largest absolute Gasteiger partial charge is 0.496 e. The van der Waals surface area contributed by atoms with E-state index in [0.717, 1.165) is 16.1 Å². The minimum atomic E-state index is -2.24. The summed E-state index contributed by atoms with van der Waals surface area (Å²) in [6.07, 6.45) is -4.06. The predicted octanol–water partition coefficient (Wildman–Crippen LogP) is 5.95. The van der Waals surface area contributed by atoms with Gasteiger partial charge in [0, 0.05) is 16.7 Å². The molecular formula is C40H49N3O11. The van der Waals surface area contributed by atoms with Gasteiger partial charge in [-0.3, -0.25) is 19.2 Å². The fraction of sp³-hybridized carbons (Fsp3) is 0.400. The number of carbonyl (C=O) groups is 6. The third-order valence-corrected chi connectivity index (χ3v) is 7.63. The molecule has 14 heteroatoms. The van der Waals surface area contributed by atoms with Gasteiger partial charge in [0.2, 0.25) is 0 Å². The minimum Gasteiger partial charge on any atom is -0.496 e. The predicted molar refractivity (Wildman–Crippen MR) is 197 cm³/mol. The van der Waals surface area contributed by atoms with Gasteiger partial charge in [-0.25, -0.2) is 14.6 Å². The highest BCUT2D eigenvalue weighted by atomic mass is 16.7. The summed E-state index contributed by atoms with van der Waals surface area (Å²) in [5, 5.41) is 4.05. The minimum absolute atomic E-state index is 0.0142. The number of carbonyl (C=O) groups excluding carboxylic acids is 6. The Bertz CT molecular complexity index is 1810. The number of esters is 2. The van der Waals surface area contributed by atoms with Crippen LogP contribution in [0.2, 0.25) is 0 Å². The highest BCUT2D eigenvalue weighted by Crippen LogP contribution is 2.29. The van der Waals surface area contributed by atoms with Crippen molar-refractivity contribution in [3.63, 3.8) is 0 Å². The van der Waals surface area contributed by atoms with Gasteiger partial charge in [0.15, 0.2) is 0 Å². The van der Waals surface area contributed by atoms with Gasteiger partial charge >= 0.3 is 24.4 Å². The fourth-order valence-corrected chi connectivity index (χ4v) is 5.39. The van der Waals surface area contributed by atoms with Crippen molar-refractivity contribution in [1.29, 1.82) is 0 Å². The number of nitrogens with zero attached hydrogens (tertiary/aromatic N) is 2. The molecule has 3 rings (SSSR count). The quantitative estimate of drug-likeness (QED) is 0.0722. The number of ether oxygens (including phenoxy) is 5. The molecule has 0 saturated carbocycles. The summed E-state index contributed by atoms with van der Waals surface area (Å²) in [5.41, 5.74) is 0.530. The first-order valence-corrected chi connectivity index (χ1v) is 17.1. The van der Waals surface area contributed by atoms with Crippen LogP contribution in [0.5, 0.6) is 5.75 Å². The highest BCUT2D eigenvalue weighted by molar-refractivity contribution is 6.01.